The molecule has 2 rings (SSSR count). The first-order valence-corrected chi connectivity index (χ1v) is 5.59. The van der Waals surface area contributed by atoms with Crippen molar-refractivity contribution in [1.82, 2.24) is 4.98 Å². The molecule has 0 atom stereocenters. The largest absolute Gasteiger partial charge is 0.489 e. The number of nitriles is 1. The van der Waals surface area contributed by atoms with Gasteiger partial charge in [-0.1, -0.05) is 12.1 Å². The van der Waals surface area contributed by atoms with Gasteiger partial charge in [0.1, 0.15) is 11.3 Å². The van der Waals surface area contributed by atoms with Gasteiger partial charge in [-0.05, 0) is 32.9 Å². The number of benzene rings is 1. The fourth-order valence-electron chi connectivity index (χ4n) is 1.79. The van der Waals surface area contributed by atoms with E-state index in [4.69, 9.17) is 10.00 Å². The third kappa shape index (κ3) is 2.21. The Kier molecular flexibility index (Phi) is 2.97. The van der Waals surface area contributed by atoms with Crippen molar-refractivity contribution in [1.29, 1.82) is 5.26 Å². The summed E-state index contributed by atoms with van der Waals surface area (Å²) in [6.45, 7) is 5.83. The van der Waals surface area contributed by atoms with Crippen LogP contribution in [0.15, 0.2) is 24.3 Å². The van der Waals surface area contributed by atoms with Crippen molar-refractivity contribution in [2.24, 2.45) is 0 Å². The molecular weight excluding hydrogens is 212 g/mol. The first kappa shape index (κ1) is 11.4. The number of pyridine rings is 1. The molecule has 0 radical (unpaired) electrons. The van der Waals surface area contributed by atoms with Gasteiger partial charge in [0.05, 0.1) is 17.7 Å². The Morgan fingerprint density at radius 2 is 2.12 bits per heavy atom. The molecule has 3 nitrogen and oxygen atoms in total. The highest BCUT2D eigenvalue weighted by Crippen LogP contribution is 2.27. The van der Waals surface area contributed by atoms with E-state index in [2.05, 4.69) is 11.1 Å². The van der Waals surface area contributed by atoms with Gasteiger partial charge in [-0.15, -0.1) is 0 Å². The van der Waals surface area contributed by atoms with E-state index in [1.807, 2.05) is 39.0 Å². The molecule has 3 heteroatoms. The lowest BCUT2D eigenvalue weighted by atomic mass is 10.1. The third-order valence-corrected chi connectivity index (χ3v) is 2.41. The quantitative estimate of drug-likeness (QED) is 0.789. The topological polar surface area (TPSA) is 45.9 Å². The fourth-order valence-corrected chi connectivity index (χ4v) is 1.79. The van der Waals surface area contributed by atoms with Gasteiger partial charge in [0.25, 0.3) is 0 Å². The van der Waals surface area contributed by atoms with Crippen LogP contribution >= 0.6 is 0 Å². The second-order valence-electron chi connectivity index (χ2n) is 4.24. The van der Waals surface area contributed by atoms with E-state index < -0.39 is 0 Å². The Bertz CT molecular complexity index is 597. The molecule has 0 aliphatic carbocycles. The number of nitrogens with zero attached hydrogens (tertiary/aromatic N) is 2. The van der Waals surface area contributed by atoms with Crippen molar-refractivity contribution in [2.75, 3.05) is 0 Å². The van der Waals surface area contributed by atoms with E-state index >= 15 is 0 Å². The summed E-state index contributed by atoms with van der Waals surface area (Å²) in [4.78, 5) is 4.46. The van der Waals surface area contributed by atoms with E-state index in [1.54, 1.807) is 6.07 Å². The summed E-state index contributed by atoms with van der Waals surface area (Å²) in [6.07, 6.45) is 0.0912. The Morgan fingerprint density at radius 1 is 1.35 bits per heavy atom. The predicted molar refractivity (Wildman–Crippen MR) is 67.0 cm³/mol. The summed E-state index contributed by atoms with van der Waals surface area (Å²) in [6, 6.07) is 9.66. The maximum absolute atomic E-state index is 9.11. The van der Waals surface area contributed by atoms with Crippen LogP contribution in [0.4, 0.5) is 0 Å². The minimum absolute atomic E-state index is 0.0912. The Balaban J connectivity index is 2.72. The van der Waals surface area contributed by atoms with Crippen LogP contribution in [0.5, 0.6) is 5.75 Å². The van der Waals surface area contributed by atoms with Gasteiger partial charge in [0, 0.05) is 11.1 Å². The monoisotopic (exact) mass is 226 g/mol. The Hall–Kier alpha value is -2.08. The van der Waals surface area contributed by atoms with Crippen LogP contribution in [-0.2, 0) is 0 Å². The maximum atomic E-state index is 9.11. The second-order valence-corrected chi connectivity index (χ2v) is 4.24. The number of ether oxygens (including phenoxy) is 1. The van der Waals surface area contributed by atoms with Crippen LogP contribution in [0, 0.1) is 18.3 Å². The molecule has 0 fully saturated rings. The van der Waals surface area contributed by atoms with Crippen LogP contribution in [0.2, 0.25) is 0 Å². The van der Waals surface area contributed by atoms with Crippen molar-refractivity contribution in [3.05, 3.63) is 35.5 Å². The molecule has 1 aromatic carbocycles. The molecule has 0 N–H and O–H groups in total. The van der Waals surface area contributed by atoms with Crippen LogP contribution in [-0.4, -0.2) is 11.1 Å². The standard InChI is InChI=1S/C14H14N2O/c1-9(2)17-13-6-4-5-12-11(8-15)7-10(3)16-14(12)13/h4-7,9H,1-3H3. The highest BCUT2D eigenvalue weighted by molar-refractivity contribution is 5.89. The first-order valence-electron chi connectivity index (χ1n) is 5.59. The highest BCUT2D eigenvalue weighted by Gasteiger charge is 2.09. The predicted octanol–water partition coefficient (Wildman–Crippen LogP) is 3.20. The molecule has 17 heavy (non-hydrogen) atoms. The molecule has 0 aliphatic heterocycles. The fraction of sp³-hybridized carbons (Fsp3) is 0.286. The van der Waals surface area contributed by atoms with Crippen molar-refractivity contribution in [3.63, 3.8) is 0 Å². The number of rotatable bonds is 2. The molecule has 0 saturated carbocycles. The number of fused-ring (bicyclic) bond motifs is 1. The van der Waals surface area contributed by atoms with E-state index in [0.717, 1.165) is 22.3 Å². The Morgan fingerprint density at radius 3 is 2.76 bits per heavy atom. The zero-order valence-electron chi connectivity index (χ0n) is 10.2. The lowest BCUT2D eigenvalue weighted by molar-refractivity contribution is 0.245. The second kappa shape index (κ2) is 4.42. The molecule has 86 valence electrons. The van der Waals surface area contributed by atoms with Gasteiger partial charge >= 0.3 is 0 Å². The number of para-hydroxylation sites is 1. The molecule has 0 saturated heterocycles. The van der Waals surface area contributed by atoms with Crippen LogP contribution in [0.25, 0.3) is 10.9 Å². The number of aryl methyl sites for hydroxylation is 1. The van der Waals surface area contributed by atoms with Gasteiger partial charge in [0.2, 0.25) is 0 Å². The van der Waals surface area contributed by atoms with Gasteiger partial charge < -0.3 is 4.74 Å². The SMILES string of the molecule is Cc1cc(C#N)c2cccc(OC(C)C)c2n1. The molecule has 1 aromatic heterocycles. The molecule has 2 aromatic rings. The average molecular weight is 226 g/mol. The van der Waals surface area contributed by atoms with Gasteiger partial charge in [-0.25, -0.2) is 4.98 Å². The minimum atomic E-state index is 0.0912. The summed E-state index contributed by atoms with van der Waals surface area (Å²) < 4.78 is 5.71. The molecular formula is C14H14N2O. The van der Waals surface area contributed by atoms with Crippen molar-refractivity contribution in [2.45, 2.75) is 26.9 Å². The molecule has 0 spiro atoms. The summed E-state index contributed by atoms with van der Waals surface area (Å²) in [5.41, 5.74) is 2.23. The Labute approximate surface area is 101 Å². The summed E-state index contributed by atoms with van der Waals surface area (Å²) in [7, 11) is 0. The molecule has 0 unspecified atom stereocenters. The first-order chi connectivity index (χ1) is 8.11. The molecule has 0 aliphatic rings. The lowest BCUT2D eigenvalue weighted by Crippen LogP contribution is -2.06. The number of hydrogen-bond donors (Lipinski definition) is 0. The molecule has 0 amide bonds. The van der Waals surface area contributed by atoms with E-state index in [-0.39, 0.29) is 6.10 Å². The lowest BCUT2D eigenvalue weighted by Gasteiger charge is -2.12. The zero-order chi connectivity index (χ0) is 12.4. The van der Waals surface area contributed by atoms with Crippen LogP contribution in [0.1, 0.15) is 25.1 Å². The van der Waals surface area contributed by atoms with Crippen molar-refractivity contribution >= 4 is 10.9 Å². The number of hydrogen-bond acceptors (Lipinski definition) is 3. The van der Waals surface area contributed by atoms with E-state index in [1.165, 1.54) is 0 Å². The molecule has 0 bridgehead atoms. The van der Waals surface area contributed by atoms with Gasteiger partial charge in [-0.2, -0.15) is 5.26 Å². The highest BCUT2D eigenvalue weighted by atomic mass is 16.5. The summed E-state index contributed by atoms with van der Waals surface area (Å²) in [5.74, 6) is 0.734. The van der Waals surface area contributed by atoms with E-state index in [0.29, 0.717) is 5.56 Å². The maximum Gasteiger partial charge on any atom is 0.145 e. The molecule has 1 heterocycles. The summed E-state index contributed by atoms with van der Waals surface area (Å²) >= 11 is 0. The van der Waals surface area contributed by atoms with Gasteiger partial charge in [-0.3, -0.25) is 0 Å². The van der Waals surface area contributed by atoms with E-state index in [9.17, 15) is 0 Å². The van der Waals surface area contributed by atoms with Gasteiger partial charge in [0.15, 0.2) is 0 Å². The normalized spacial score (nSPS) is 10.5. The average Bonchev–Trinajstić information content (AvgIpc) is 2.28. The van der Waals surface area contributed by atoms with Crippen molar-refractivity contribution in [3.8, 4) is 11.8 Å². The van der Waals surface area contributed by atoms with Crippen LogP contribution in [0.3, 0.4) is 0 Å². The minimum Gasteiger partial charge on any atom is -0.489 e. The number of aromatic nitrogens is 1. The summed E-state index contributed by atoms with van der Waals surface area (Å²) in [5, 5.41) is 9.96. The zero-order valence-corrected chi connectivity index (χ0v) is 10.2. The third-order valence-electron chi connectivity index (χ3n) is 2.41. The van der Waals surface area contributed by atoms with Crippen LogP contribution < -0.4 is 4.74 Å². The van der Waals surface area contributed by atoms with Crippen molar-refractivity contribution < 1.29 is 4.74 Å². The smallest absolute Gasteiger partial charge is 0.145 e.